The monoisotopic (exact) mass is 327 g/mol. The van der Waals surface area contributed by atoms with Crippen molar-refractivity contribution in [3.63, 3.8) is 0 Å². The van der Waals surface area contributed by atoms with Gasteiger partial charge in [-0.3, -0.25) is 4.68 Å². The van der Waals surface area contributed by atoms with Gasteiger partial charge in [0.05, 0.1) is 36.0 Å². The Kier molecular flexibility index (Phi) is 3.40. The Balaban J connectivity index is 1.84. The quantitative estimate of drug-likeness (QED) is 0.730. The molecule has 0 amide bonds. The normalized spacial score (nSPS) is 17.8. The van der Waals surface area contributed by atoms with Crippen LogP contribution in [0.25, 0.3) is 11.0 Å². The summed E-state index contributed by atoms with van der Waals surface area (Å²) in [5, 5.41) is 9.84. The van der Waals surface area contributed by atoms with E-state index in [0.717, 1.165) is 53.4 Å². The van der Waals surface area contributed by atoms with Gasteiger partial charge in [-0.25, -0.2) is 14.6 Å². The van der Waals surface area contributed by atoms with Crippen molar-refractivity contribution in [2.24, 2.45) is 14.1 Å². The Morgan fingerprint density at radius 1 is 1.21 bits per heavy atom. The maximum absolute atomic E-state index is 5.61. The van der Waals surface area contributed by atoms with Crippen molar-refractivity contribution in [3.8, 4) is 5.88 Å². The van der Waals surface area contributed by atoms with E-state index in [1.165, 1.54) is 0 Å². The van der Waals surface area contributed by atoms with Gasteiger partial charge in [0.1, 0.15) is 12.1 Å². The number of rotatable bonds is 3. The van der Waals surface area contributed by atoms with Crippen molar-refractivity contribution < 1.29 is 4.74 Å². The second-order valence-corrected chi connectivity index (χ2v) is 6.19. The molecule has 1 aliphatic heterocycles. The highest BCUT2D eigenvalue weighted by Gasteiger charge is 2.34. The van der Waals surface area contributed by atoms with Gasteiger partial charge in [-0.2, -0.15) is 10.2 Å². The molecule has 1 saturated heterocycles. The van der Waals surface area contributed by atoms with Crippen LogP contribution in [0, 0.1) is 6.92 Å². The van der Waals surface area contributed by atoms with Crippen LogP contribution in [0.1, 0.15) is 30.1 Å². The molecule has 0 bridgehead atoms. The fourth-order valence-electron chi connectivity index (χ4n) is 3.78. The average molecular weight is 327 g/mol. The van der Waals surface area contributed by atoms with Gasteiger partial charge < -0.3 is 9.64 Å². The first-order valence-corrected chi connectivity index (χ1v) is 8.08. The minimum Gasteiger partial charge on any atom is -0.481 e. The first-order valence-electron chi connectivity index (χ1n) is 8.08. The molecule has 3 aromatic rings. The average Bonchev–Trinajstić information content (AvgIpc) is 3.25. The number of nitrogens with zero attached hydrogens (tertiary/aromatic N) is 7. The first-order chi connectivity index (χ1) is 11.6. The Hall–Kier alpha value is -2.64. The zero-order valence-electron chi connectivity index (χ0n) is 14.4. The lowest BCUT2D eigenvalue weighted by Gasteiger charge is -2.26. The zero-order chi connectivity index (χ0) is 16.8. The van der Waals surface area contributed by atoms with Gasteiger partial charge in [0, 0.05) is 20.6 Å². The number of anilines is 1. The predicted molar refractivity (Wildman–Crippen MR) is 90.1 cm³/mol. The molecule has 1 fully saturated rings. The van der Waals surface area contributed by atoms with E-state index in [0.29, 0.717) is 0 Å². The van der Waals surface area contributed by atoms with Crippen LogP contribution in [0.5, 0.6) is 5.88 Å². The van der Waals surface area contributed by atoms with Gasteiger partial charge in [-0.15, -0.1) is 0 Å². The molecule has 8 heteroatoms. The van der Waals surface area contributed by atoms with Crippen molar-refractivity contribution in [3.05, 3.63) is 23.8 Å². The predicted octanol–water partition coefficient (Wildman–Crippen LogP) is 1.76. The van der Waals surface area contributed by atoms with E-state index >= 15 is 0 Å². The summed E-state index contributed by atoms with van der Waals surface area (Å²) in [4.78, 5) is 11.2. The number of aromatic nitrogens is 6. The molecule has 24 heavy (non-hydrogen) atoms. The van der Waals surface area contributed by atoms with Gasteiger partial charge in [0.2, 0.25) is 5.88 Å². The summed E-state index contributed by atoms with van der Waals surface area (Å²) in [5.74, 6) is 1.75. The Morgan fingerprint density at radius 2 is 2.04 bits per heavy atom. The third-order valence-electron chi connectivity index (χ3n) is 4.77. The number of hydrogen-bond acceptors (Lipinski definition) is 6. The molecule has 0 saturated carbocycles. The molecule has 3 aromatic heterocycles. The van der Waals surface area contributed by atoms with E-state index in [-0.39, 0.29) is 6.04 Å². The molecule has 8 nitrogen and oxygen atoms in total. The van der Waals surface area contributed by atoms with Crippen molar-refractivity contribution in [2.45, 2.75) is 25.8 Å². The molecule has 1 atom stereocenters. The highest BCUT2D eigenvalue weighted by Crippen LogP contribution is 2.42. The lowest BCUT2D eigenvalue weighted by molar-refractivity contribution is 0.366. The van der Waals surface area contributed by atoms with Gasteiger partial charge in [0.25, 0.3) is 0 Å². The van der Waals surface area contributed by atoms with E-state index in [9.17, 15) is 0 Å². The third kappa shape index (κ3) is 2.05. The molecule has 1 aliphatic rings. The minimum atomic E-state index is 0.201. The SMILES string of the molecule is COc1c(C2CCCN2c2ncnc3c2cnn3C)c(C)nn1C. The molecule has 4 rings (SSSR count). The van der Waals surface area contributed by atoms with E-state index < -0.39 is 0 Å². The fraction of sp³-hybridized carbons (Fsp3) is 0.500. The van der Waals surface area contributed by atoms with E-state index in [2.05, 4.69) is 25.1 Å². The van der Waals surface area contributed by atoms with Gasteiger partial charge in [-0.1, -0.05) is 0 Å². The van der Waals surface area contributed by atoms with Crippen molar-refractivity contribution in [2.75, 3.05) is 18.6 Å². The van der Waals surface area contributed by atoms with Crippen LogP contribution >= 0.6 is 0 Å². The standard InChI is InChI=1S/C16H21N7O/c1-10-13(16(24-4)22(3)20-10)12-6-5-7-23(12)15-11-8-19-21(2)14(11)17-9-18-15/h8-9,12H,5-7H2,1-4H3. The van der Waals surface area contributed by atoms with E-state index in [1.807, 2.05) is 27.2 Å². The van der Waals surface area contributed by atoms with Gasteiger partial charge in [0.15, 0.2) is 5.65 Å². The molecular formula is C16H21N7O. The first kappa shape index (κ1) is 14.9. The summed E-state index contributed by atoms with van der Waals surface area (Å²) in [6, 6.07) is 0.201. The Morgan fingerprint density at radius 3 is 2.83 bits per heavy atom. The number of ether oxygens (including phenoxy) is 1. The zero-order valence-corrected chi connectivity index (χ0v) is 14.4. The highest BCUT2D eigenvalue weighted by molar-refractivity contribution is 5.87. The Labute approximate surface area is 140 Å². The number of aryl methyl sites for hydroxylation is 3. The smallest absolute Gasteiger partial charge is 0.216 e. The molecule has 126 valence electrons. The van der Waals surface area contributed by atoms with Gasteiger partial charge >= 0.3 is 0 Å². The summed E-state index contributed by atoms with van der Waals surface area (Å²) in [7, 11) is 5.51. The van der Waals surface area contributed by atoms with Crippen LogP contribution in [-0.4, -0.2) is 43.2 Å². The molecule has 0 radical (unpaired) electrons. The van der Waals surface area contributed by atoms with Crippen LogP contribution in [0.15, 0.2) is 12.5 Å². The maximum atomic E-state index is 5.61. The van der Waals surface area contributed by atoms with Crippen LogP contribution in [0.3, 0.4) is 0 Å². The summed E-state index contributed by atoms with van der Waals surface area (Å²) >= 11 is 0. The van der Waals surface area contributed by atoms with Crippen molar-refractivity contribution in [1.29, 1.82) is 0 Å². The third-order valence-corrected chi connectivity index (χ3v) is 4.77. The summed E-state index contributed by atoms with van der Waals surface area (Å²) in [5.41, 5.74) is 3.00. The number of fused-ring (bicyclic) bond motifs is 1. The van der Waals surface area contributed by atoms with Crippen molar-refractivity contribution in [1.82, 2.24) is 29.5 Å². The highest BCUT2D eigenvalue weighted by atomic mass is 16.5. The molecule has 0 aliphatic carbocycles. The lowest BCUT2D eigenvalue weighted by Crippen LogP contribution is -2.24. The molecule has 4 heterocycles. The maximum Gasteiger partial charge on any atom is 0.216 e. The van der Waals surface area contributed by atoms with Crippen LogP contribution in [-0.2, 0) is 14.1 Å². The second-order valence-electron chi connectivity index (χ2n) is 6.19. The molecule has 0 N–H and O–H groups in total. The van der Waals surface area contributed by atoms with Crippen molar-refractivity contribution >= 4 is 16.9 Å². The number of methoxy groups -OCH3 is 1. The van der Waals surface area contributed by atoms with Crippen LogP contribution < -0.4 is 9.64 Å². The van der Waals surface area contributed by atoms with Crippen LogP contribution in [0.2, 0.25) is 0 Å². The molecular weight excluding hydrogens is 306 g/mol. The number of hydrogen-bond donors (Lipinski definition) is 0. The molecule has 1 unspecified atom stereocenters. The summed E-state index contributed by atoms with van der Waals surface area (Å²) in [6.07, 6.45) is 5.61. The lowest BCUT2D eigenvalue weighted by atomic mass is 10.0. The van der Waals surface area contributed by atoms with E-state index in [4.69, 9.17) is 4.74 Å². The summed E-state index contributed by atoms with van der Waals surface area (Å²) < 4.78 is 9.20. The minimum absolute atomic E-state index is 0.201. The van der Waals surface area contributed by atoms with E-state index in [1.54, 1.807) is 22.8 Å². The Bertz CT molecular complexity index is 897. The van der Waals surface area contributed by atoms with Gasteiger partial charge in [-0.05, 0) is 19.8 Å². The molecule has 0 spiro atoms. The fourth-order valence-corrected chi connectivity index (χ4v) is 3.78. The largest absolute Gasteiger partial charge is 0.481 e. The summed E-state index contributed by atoms with van der Waals surface area (Å²) in [6.45, 7) is 2.98. The van der Waals surface area contributed by atoms with Crippen LogP contribution in [0.4, 0.5) is 5.82 Å². The topological polar surface area (TPSA) is 73.9 Å². The molecule has 0 aromatic carbocycles. The second kappa shape index (κ2) is 5.47.